The van der Waals surface area contributed by atoms with E-state index in [9.17, 15) is 14.9 Å². The van der Waals surface area contributed by atoms with Crippen molar-refractivity contribution in [3.63, 3.8) is 0 Å². The third kappa shape index (κ3) is 3.03. The van der Waals surface area contributed by atoms with Gasteiger partial charge in [0, 0.05) is 24.4 Å². The van der Waals surface area contributed by atoms with Gasteiger partial charge in [-0.3, -0.25) is 19.9 Å². The van der Waals surface area contributed by atoms with Crippen molar-refractivity contribution < 1.29 is 14.5 Å². The number of ether oxygens (including phenoxy) is 1. The Kier molecular flexibility index (Phi) is 3.37. The molecule has 0 radical (unpaired) electrons. The lowest BCUT2D eigenvalue weighted by atomic mass is 10.3. The maximum absolute atomic E-state index is 11.0. The van der Waals surface area contributed by atoms with Crippen LogP contribution in [0.4, 0.5) is 5.69 Å². The Morgan fingerprint density at radius 2 is 1.89 bits per heavy atom. The Balaban J connectivity index is 2.19. The number of rotatable bonds is 4. The molecule has 2 rings (SSSR count). The van der Waals surface area contributed by atoms with Gasteiger partial charge in [-0.15, -0.1) is 0 Å². The van der Waals surface area contributed by atoms with Crippen molar-refractivity contribution in [2.45, 2.75) is 0 Å². The third-order valence-corrected chi connectivity index (χ3v) is 2.27. The van der Waals surface area contributed by atoms with Gasteiger partial charge in [-0.1, -0.05) is 0 Å². The van der Waals surface area contributed by atoms with Crippen molar-refractivity contribution in [3.8, 4) is 11.5 Å². The molecule has 0 saturated carbocycles. The Labute approximate surface area is 107 Å². The van der Waals surface area contributed by atoms with Crippen LogP contribution < -0.4 is 10.5 Å². The number of hydrogen-bond acceptors (Lipinski definition) is 5. The molecule has 0 fully saturated rings. The quantitative estimate of drug-likeness (QED) is 0.666. The minimum absolute atomic E-state index is 0.0279. The van der Waals surface area contributed by atoms with E-state index in [1.165, 1.54) is 36.5 Å². The molecule has 1 amide bonds. The largest absolute Gasteiger partial charge is 0.457 e. The van der Waals surface area contributed by atoms with E-state index in [0.29, 0.717) is 11.5 Å². The topological polar surface area (TPSA) is 108 Å². The number of carbonyl (C=O) groups excluding carboxylic acids is 1. The first-order valence-corrected chi connectivity index (χ1v) is 5.24. The monoisotopic (exact) mass is 259 g/mol. The van der Waals surface area contributed by atoms with Gasteiger partial charge in [0.05, 0.1) is 4.92 Å². The van der Waals surface area contributed by atoms with E-state index in [1.807, 2.05) is 0 Å². The summed E-state index contributed by atoms with van der Waals surface area (Å²) in [6.45, 7) is 0. The highest BCUT2D eigenvalue weighted by molar-refractivity contribution is 5.91. The van der Waals surface area contributed by atoms with Crippen molar-refractivity contribution in [3.05, 3.63) is 58.4 Å². The molecule has 7 nitrogen and oxygen atoms in total. The Hall–Kier alpha value is -2.96. The molecule has 7 heteroatoms. The summed E-state index contributed by atoms with van der Waals surface area (Å²) in [5.41, 5.74) is 5.15. The molecule has 19 heavy (non-hydrogen) atoms. The smallest absolute Gasteiger partial charge is 0.269 e. The predicted molar refractivity (Wildman–Crippen MR) is 65.9 cm³/mol. The van der Waals surface area contributed by atoms with Crippen LogP contribution in [0.2, 0.25) is 0 Å². The molecule has 1 aromatic carbocycles. The number of nitrogens with two attached hydrogens (primary N) is 1. The Bertz CT molecular complexity index is 625. The molecule has 0 aliphatic rings. The lowest BCUT2D eigenvalue weighted by Crippen LogP contribution is -2.12. The van der Waals surface area contributed by atoms with Crippen LogP contribution in [0.15, 0.2) is 42.6 Å². The highest BCUT2D eigenvalue weighted by Gasteiger charge is 2.07. The normalized spacial score (nSPS) is 9.89. The van der Waals surface area contributed by atoms with Crippen molar-refractivity contribution in [1.29, 1.82) is 0 Å². The fourth-order valence-electron chi connectivity index (χ4n) is 1.38. The zero-order valence-corrected chi connectivity index (χ0v) is 9.65. The van der Waals surface area contributed by atoms with Crippen molar-refractivity contribution in [2.24, 2.45) is 5.73 Å². The molecule has 1 aromatic heterocycles. The van der Waals surface area contributed by atoms with Crippen LogP contribution in [0.5, 0.6) is 11.5 Å². The van der Waals surface area contributed by atoms with E-state index in [1.54, 1.807) is 6.07 Å². The van der Waals surface area contributed by atoms with Crippen LogP contribution >= 0.6 is 0 Å². The SMILES string of the molecule is NC(=O)c1cc(Oc2ccc([N+](=O)[O-])cc2)ccn1. The van der Waals surface area contributed by atoms with Gasteiger partial charge >= 0.3 is 0 Å². The summed E-state index contributed by atoms with van der Waals surface area (Å²) in [5.74, 6) is 0.124. The minimum Gasteiger partial charge on any atom is -0.457 e. The number of primary amides is 1. The zero-order valence-electron chi connectivity index (χ0n) is 9.65. The summed E-state index contributed by atoms with van der Waals surface area (Å²) in [5, 5.41) is 10.5. The summed E-state index contributed by atoms with van der Waals surface area (Å²) < 4.78 is 5.43. The molecular weight excluding hydrogens is 250 g/mol. The molecule has 0 atom stereocenters. The summed E-state index contributed by atoms with van der Waals surface area (Å²) in [6, 6.07) is 8.51. The van der Waals surface area contributed by atoms with Crippen LogP contribution in [0.3, 0.4) is 0 Å². The van der Waals surface area contributed by atoms with Gasteiger partial charge in [-0.05, 0) is 18.2 Å². The van der Waals surface area contributed by atoms with E-state index in [0.717, 1.165) is 0 Å². The number of amides is 1. The van der Waals surface area contributed by atoms with Gasteiger partial charge in [0.1, 0.15) is 17.2 Å². The minimum atomic E-state index is -0.658. The highest BCUT2D eigenvalue weighted by atomic mass is 16.6. The average molecular weight is 259 g/mol. The summed E-state index contributed by atoms with van der Waals surface area (Å²) in [4.78, 5) is 24.7. The van der Waals surface area contributed by atoms with Crippen LogP contribution in [0.1, 0.15) is 10.5 Å². The van der Waals surface area contributed by atoms with E-state index < -0.39 is 10.8 Å². The maximum atomic E-state index is 11.0. The molecule has 0 spiro atoms. The summed E-state index contributed by atoms with van der Waals surface area (Å²) in [6.07, 6.45) is 1.39. The first-order chi connectivity index (χ1) is 9.06. The van der Waals surface area contributed by atoms with E-state index in [4.69, 9.17) is 10.5 Å². The number of nitrogens with zero attached hydrogens (tertiary/aromatic N) is 2. The predicted octanol–water partition coefficient (Wildman–Crippen LogP) is 1.88. The second kappa shape index (κ2) is 5.13. The second-order valence-corrected chi connectivity index (χ2v) is 3.59. The van der Waals surface area contributed by atoms with Crippen LogP contribution in [-0.2, 0) is 0 Å². The zero-order chi connectivity index (χ0) is 13.8. The van der Waals surface area contributed by atoms with Crippen molar-refractivity contribution in [1.82, 2.24) is 4.98 Å². The van der Waals surface area contributed by atoms with Gasteiger partial charge in [0.25, 0.3) is 11.6 Å². The number of aromatic nitrogens is 1. The number of nitro groups is 1. The van der Waals surface area contributed by atoms with Crippen molar-refractivity contribution >= 4 is 11.6 Å². The molecule has 0 aliphatic carbocycles. The number of pyridine rings is 1. The standard InChI is InChI=1S/C12H9N3O4/c13-12(16)11-7-10(5-6-14-11)19-9-3-1-8(2-4-9)15(17)18/h1-7H,(H2,13,16). The Morgan fingerprint density at radius 1 is 1.21 bits per heavy atom. The molecule has 0 bridgehead atoms. The first-order valence-electron chi connectivity index (χ1n) is 5.24. The molecule has 96 valence electrons. The van der Waals surface area contributed by atoms with Crippen LogP contribution in [0, 0.1) is 10.1 Å². The molecule has 2 aromatic rings. The molecule has 0 saturated heterocycles. The fourth-order valence-corrected chi connectivity index (χ4v) is 1.38. The van der Waals surface area contributed by atoms with E-state index in [-0.39, 0.29) is 11.4 Å². The molecule has 1 heterocycles. The number of non-ortho nitro benzene ring substituents is 1. The molecule has 0 aliphatic heterocycles. The van der Waals surface area contributed by atoms with Gasteiger partial charge in [0.2, 0.25) is 0 Å². The second-order valence-electron chi connectivity index (χ2n) is 3.59. The highest BCUT2D eigenvalue weighted by Crippen LogP contribution is 2.23. The lowest BCUT2D eigenvalue weighted by Gasteiger charge is -2.05. The van der Waals surface area contributed by atoms with Gasteiger partial charge < -0.3 is 10.5 Å². The molecule has 2 N–H and O–H groups in total. The van der Waals surface area contributed by atoms with Gasteiger partial charge in [-0.2, -0.15) is 0 Å². The van der Waals surface area contributed by atoms with Crippen LogP contribution in [-0.4, -0.2) is 15.8 Å². The van der Waals surface area contributed by atoms with Gasteiger partial charge in [-0.25, -0.2) is 0 Å². The fraction of sp³-hybridized carbons (Fsp3) is 0. The number of benzene rings is 1. The van der Waals surface area contributed by atoms with Crippen molar-refractivity contribution in [2.75, 3.05) is 0 Å². The number of nitro benzene ring substituents is 1. The van der Waals surface area contributed by atoms with Crippen LogP contribution in [0.25, 0.3) is 0 Å². The summed E-state index contributed by atoms with van der Waals surface area (Å²) in [7, 11) is 0. The van der Waals surface area contributed by atoms with E-state index in [2.05, 4.69) is 4.98 Å². The molecule has 0 unspecified atom stereocenters. The first kappa shape index (κ1) is 12.5. The Morgan fingerprint density at radius 3 is 2.47 bits per heavy atom. The number of carbonyl (C=O) groups is 1. The average Bonchev–Trinajstić information content (AvgIpc) is 2.39. The third-order valence-electron chi connectivity index (χ3n) is 2.27. The van der Waals surface area contributed by atoms with E-state index >= 15 is 0 Å². The maximum Gasteiger partial charge on any atom is 0.269 e. The number of hydrogen-bond donors (Lipinski definition) is 1. The van der Waals surface area contributed by atoms with Gasteiger partial charge in [0.15, 0.2) is 0 Å². The summed E-state index contributed by atoms with van der Waals surface area (Å²) >= 11 is 0. The lowest BCUT2D eigenvalue weighted by molar-refractivity contribution is -0.384. The molecular formula is C12H9N3O4.